The number of amides is 1. The molecule has 3 aromatic rings. The van der Waals surface area contributed by atoms with Crippen LogP contribution in [-0.2, 0) is 4.79 Å². The maximum atomic E-state index is 11.1. The predicted octanol–water partition coefficient (Wildman–Crippen LogP) is 5.24. The largest absolute Gasteiger partial charge is 0.389 e. The molecule has 3 N–H and O–H groups in total. The maximum Gasteiger partial charge on any atom is 0.221 e. The van der Waals surface area contributed by atoms with Crippen LogP contribution in [0.1, 0.15) is 12.5 Å². The number of benzene rings is 2. The molecule has 0 aliphatic rings. The lowest BCUT2D eigenvalue weighted by molar-refractivity contribution is -0.114. The summed E-state index contributed by atoms with van der Waals surface area (Å²) in [7, 11) is 0. The van der Waals surface area contributed by atoms with E-state index in [9.17, 15) is 10.1 Å². The van der Waals surface area contributed by atoms with Crippen molar-refractivity contribution in [2.45, 2.75) is 6.92 Å². The average Bonchev–Trinajstić information content (AvgIpc) is 2.96. The number of nitrogen functional groups attached to an aromatic ring is 1. The number of carbonyl (C=O) groups is 1. The third kappa shape index (κ3) is 3.77. The average molecular weight is 361 g/mol. The van der Waals surface area contributed by atoms with E-state index in [-0.39, 0.29) is 5.91 Å². The van der Waals surface area contributed by atoms with Gasteiger partial charge in [0.1, 0.15) is 16.1 Å². The molecule has 26 heavy (non-hydrogen) atoms. The molecule has 0 fully saturated rings. The Morgan fingerprint density at radius 1 is 1.12 bits per heavy atom. The van der Waals surface area contributed by atoms with Gasteiger partial charge in [0, 0.05) is 18.2 Å². The highest BCUT2D eigenvalue weighted by Crippen LogP contribution is 2.44. The Labute approximate surface area is 154 Å². The standard InChI is InChI=1S/C19H15N5OS/c1-12(25)22-14-9-7-13(8-10-14)17-16(11-20)18(21)26-19(17)24-23-15-5-3-2-4-6-15/h2-10H,21H2,1H3,(H,22,25). The van der Waals surface area contributed by atoms with E-state index in [0.717, 1.165) is 5.56 Å². The van der Waals surface area contributed by atoms with Crippen LogP contribution in [0, 0.1) is 11.3 Å². The van der Waals surface area contributed by atoms with Crippen molar-refractivity contribution in [1.82, 2.24) is 0 Å². The molecule has 0 saturated carbocycles. The molecule has 0 unspecified atom stereocenters. The lowest BCUT2D eigenvalue weighted by Crippen LogP contribution is -2.05. The zero-order valence-corrected chi connectivity index (χ0v) is 14.7. The number of azo groups is 1. The van der Waals surface area contributed by atoms with Gasteiger partial charge in [-0.2, -0.15) is 5.26 Å². The quantitative estimate of drug-likeness (QED) is 0.621. The first-order valence-corrected chi connectivity index (χ1v) is 8.57. The lowest BCUT2D eigenvalue weighted by Gasteiger charge is -2.05. The third-order valence-corrected chi connectivity index (χ3v) is 4.44. The second-order valence-electron chi connectivity index (χ2n) is 5.43. The van der Waals surface area contributed by atoms with E-state index in [0.29, 0.717) is 32.5 Å². The van der Waals surface area contributed by atoms with Crippen molar-refractivity contribution in [1.29, 1.82) is 5.26 Å². The second-order valence-corrected chi connectivity index (χ2v) is 6.46. The molecule has 2 aromatic carbocycles. The van der Waals surface area contributed by atoms with Gasteiger partial charge in [0.05, 0.1) is 11.3 Å². The van der Waals surface area contributed by atoms with E-state index in [1.165, 1.54) is 18.3 Å². The van der Waals surface area contributed by atoms with Gasteiger partial charge in [-0.1, -0.05) is 41.7 Å². The molecule has 0 aliphatic heterocycles. The van der Waals surface area contributed by atoms with Crippen LogP contribution in [0.2, 0.25) is 0 Å². The first kappa shape index (κ1) is 17.3. The van der Waals surface area contributed by atoms with E-state index in [1.54, 1.807) is 12.1 Å². The summed E-state index contributed by atoms with van der Waals surface area (Å²) in [5, 5.41) is 21.7. The molecule has 0 radical (unpaired) electrons. The summed E-state index contributed by atoms with van der Waals surface area (Å²) in [5.74, 6) is -0.146. The van der Waals surface area contributed by atoms with Crippen LogP contribution in [0.3, 0.4) is 0 Å². The Bertz CT molecular complexity index is 1000. The van der Waals surface area contributed by atoms with Crippen molar-refractivity contribution in [2.24, 2.45) is 10.2 Å². The van der Waals surface area contributed by atoms with E-state index in [1.807, 2.05) is 42.5 Å². The van der Waals surface area contributed by atoms with Crippen LogP contribution < -0.4 is 11.1 Å². The number of carbonyl (C=O) groups excluding carboxylic acids is 1. The van der Waals surface area contributed by atoms with Crippen LogP contribution in [0.4, 0.5) is 21.4 Å². The number of nitrogens with two attached hydrogens (primary N) is 1. The Hall–Kier alpha value is -3.50. The number of anilines is 2. The number of thiophene rings is 1. The highest BCUT2D eigenvalue weighted by molar-refractivity contribution is 7.20. The van der Waals surface area contributed by atoms with E-state index in [2.05, 4.69) is 21.6 Å². The van der Waals surface area contributed by atoms with Gasteiger partial charge < -0.3 is 11.1 Å². The number of hydrogen-bond donors (Lipinski definition) is 2. The Morgan fingerprint density at radius 3 is 2.42 bits per heavy atom. The SMILES string of the molecule is CC(=O)Nc1ccc(-c2c(N=Nc3ccccc3)sc(N)c2C#N)cc1. The zero-order chi connectivity index (χ0) is 18.5. The molecule has 0 spiro atoms. The Kier molecular flexibility index (Phi) is 5.06. The molecule has 1 aromatic heterocycles. The summed E-state index contributed by atoms with van der Waals surface area (Å²) >= 11 is 1.22. The second kappa shape index (κ2) is 7.59. The molecular formula is C19H15N5OS. The summed E-state index contributed by atoms with van der Waals surface area (Å²) in [5.41, 5.74) is 9.19. The summed E-state index contributed by atoms with van der Waals surface area (Å²) in [6.45, 7) is 1.45. The molecule has 0 atom stereocenters. The van der Waals surface area contributed by atoms with Crippen molar-refractivity contribution in [3.05, 3.63) is 60.2 Å². The van der Waals surface area contributed by atoms with Gasteiger partial charge in [0.2, 0.25) is 5.91 Å². The number of nitrogens with one attached hydrogen (secondary N) is 1. The predicted molar refractivity (Wildman–Crippen MR) is 104 cm³/mol. The monoisotopic (exact) mass is 361 g/mol. The van der Waals surface area contributed by atoms with Crippen LogP contribution in [0.15, 0.2) is 64.8 Å². The molecule has 0 saturated heterocycles. The highest BCUT2D eigenvalue weighted by Gasteiger charge is 2.18. The van der Waals surface area contributed by atoms with E-state index < -0.39 is 0 Å². The molecule has 1 heterocycles. The molecule has 128 valence electrons. The van der Waals surface area contributed by atoms with E-state index in [4.69, 9.17) is 5.73 Å². The fourth-order valence-electron chi connectivity index (χ4n) is 2.41. The fourth-order valence-corrected chi connectivity index (χ4v) is 3.27. The number of nitrogens with zero attached hydrogens (tertiary/aromatic N) is 3. The van der Waals surface area contributed by atoms with Crippen LogP contribution in [-0.4, -0.2) is 5.91 Å². The maximum absolute atomic E-state index is 11.1. The molecule has 0 bridgehead atoms. The number of hydrogen-bond acceptors (Lipinski definition) is 6. The first-order valence-electron chi connectivity index (χ1n) is 7.75. The minimum Gasteiger partial charge on any atom is -0.389 e. The van der Waals surface area contributed by atoms with Gasteiger partial charge in [0.15, 0.2) is 0 Å². The molecule has 6 nitrogen and oxygen atoms in total. The molecule has 7 heteroatoms. The molecule has 1 amide bonds. The van der Waals surface area contributed by atoms with Gasteiger partial charge >= 0.3 is 0 Å². The summed E-state index contributed by atoms with van der Waals surface area (Å²) in [4.78, 5) is 11.1. The number of rotatable bonds is 4. The summed E-state index contributed by atoms with van der Waals surface area (Å²) in [6, 6.07) is 18.6. The minimum atomic E-state index is -0.146. The van der Waals surface area contributed by atoms with Crippen molar-refractivity contribution in [3.8, 4) is 17.2 Å². The van der Waals surface area contributed by atoms with Crippen molar-refractivity contribution < 1.29 is 4.79 Å². The van der Waals surface area contributed by atoms with Crippen molar-refractivity contribution >= 4 is 38.6 Å². The minimum absolute atomic E-state index is 0.146. The topological polar surface area (TPSA) is 104 Å². The lowest BCUT2D eigenvalue weighted by atomic mass is 10.0. The normalized spacial score (nSPS) is 10.6. The van der Waals surface area contributed by atoms with Crippen molar-refractivity contribution in [3.63, 3.8) is 0 Å². The van der Waals surface area contributed by atoms with Gasteiger partial charge in [-0.25, -0.2) is 0 Å². The Morgan fingerprint density at radius 2 is 1.81 bits per heavy atom. The molecule has 3 rings (SSSR count). The number of nitriles is 1. The van der Waals surface area contributed by atoms with Crippen LogP contribution in [0.5, 0.6) is 0 Å². The van der Waals surface area contributed by atoms with Gasteiger partial charge in [-0.05, 0) is 29.8 Å². The first-order chi connectivity index (χ1) is 12.6. The van der Waals surface area contributed by atoms with Crippen molar-refractivity contribution in [2.75, 3.05) is 11.1 Å². The van der Waals surface area contributed by atoms with Crippen LogP contribution >= 0.6 is 11.3 Å². The van der Waals surface area contributed by atoms with E-state index >= 15 is 0 Å². The van der Waals surface area contributed by atoms with Gasteiger partial charge in [0.25, 0.3) is 0 Å². The zero-order valence-electron chi connectivity index (χ0n) is 13.9. The highest BCUT2D eigenvalue weighted by atomic mass is 32.1. The van der Waals surface area contributed by atoms with Crippen LogP contribution in [0.25, 0.3) is 11.1 Å². The smallest absolute Gasteiger partial charge is 0.221 e. The summed E-state index contributed by atoms with van der Waals surface area (Å²) in [6.07, 6.45) is 0. The molecular weight excluding hydrogens is 346 g/mol. The molecule has 0 aliphatic carbocycles. The third-order valence-electron chi connectivity index (χ3n) is 3.54. The fraction of sp³-hybridized carbons (Fsp3) is 0.0526. The van der Waals surface area contributed by atoms with Gasteiger partial charge in [-0.3, -0.25) is 4.79 Å². The van der Waals surface area contributed by atoms with Gasteiger partial charge in [-0.15, -0.1) is 10.2 Å². The summed E-state index contributed by atoms with van der Waals surface area (Å²) < 4.78 is 0. The Balaban J connectivity index is 2.01.